The van der Waals surface area contributed by atoms with Gasteiger partial charge in [0.05, 0.1) is 5.92 Å². The molecule has 4 N–H and O–H groups in total. The average molecular weight is 459 g/mol. The Hall–Kier alpha value is -1.34. The van der Waals surface area contributed by atoms with Crippen LogP contribution in [0, 0.1) is 5.92 Å². The predicted molar refractivity (Wildman–Crippen MR) is 128 cm³/mol. The van der Waals surface area contributed by atoms with Crippen molar-refractivity contribution in [2.45, 2.75) is 63.8 Å². The Balaban J connectivity index is 0.00000225. The molecule has 1 aromatic rings. The summed E-state index contributed by atoms with van der Waals surface area (Å²) in [5.74, 6) is -0.137. The summed E-state index contributed by atoms with van der Waals surface area (Å²) in [6, 6.07) is 7.32. The molecule has 1 aromatic carbocycles. The third-order valence-corrected chi connectivity index (χ3v) is 6.11. The maximum absolute atomic E-state index is 12.6. The van der Waals surface area contributed by atoms with E-state index in [4.69, 9.17) is 5.73 Å². The van der Waals surface area contributed by atoms with Gasteiger partial charge in [-0.2, -0.15) is 0 Å². The van der Waals surface area contributed by atoms with Crippen LogP contribution >= 0.6 is 24.8 Å². The lowest BCUT2D eigenvalue weighted by molar-refractivity contribution is -0.122. The maximum Gasteiger partial charge on any atom is 0.229 e. The summed E-state index contributed by atoms with van der Waals surface area (Å²) in [5, 5.41) is 5.92. The van der Waals surface area contributed by atoms with E-state index in [1.54, 1.807) is 0 Å². The largest absolute Gasteiger partial charge is 0.326 e. The van der Waals surface area contributed by atoms with Crippen molar-refractivity contribution in [3.8, 4) is 0 Å². The molecule has 8 heteroatoms. The first-order valence-electron chi connectivity index (χ1n) is 10.7. The lowest BCUT2D eigenvalue weighted by Gasteiger charge is -2.37. The van der Waals surface area contributed by atoms with Gasteiger partial charge in [-0.05, 0) is 70.0 Å². The van der Waals surface area contributed by atoms with Crippen LogP contribution in [0.4, 0.5) is 11.4 Å². The number of amides is 2. The summed E-state index contributed by atoms with van der Waals surface area (Å²) in [6.45, 7) is 4.99. The summed E-state index contributed by atoms with van der Waals surface area (Å²) in [4.78, 5) is 27.1. The fourth-order valence-corrected chi connectivity index (χ4v) is 4.32. The van der Waals surface area contributed by atoms with E-state index in [9.17, 15) is 9.59 Å². The molecule has 0 bridgehead atoms. The number of nitrogens with zero attached hydrogens (tertiary/aromatic N) is 1. The summed E-state index contributed by atoms with van der Waals surface area (Å²) in [5.41, 5.74) is 7.37. The van der Waals surface area contributed by atoms with Crippen LogP contribution in [0.1, 0.15) is 58.3 Å². The minimum absolute atomic E-state index is 0. The Labute approximate surface area is 192 Å². The lowest BCUT2D eigenvalue weighted by Crippen LogP contribution is -2.51. The summed E-state index contributed by atoms with van der Waals surface area (Å²) >= 11 is 0. The Bertz CT molecular complexity index is 676. The minimum atomic E-state index is -0.440. The first kappa shape index (κ1) is 26.7. The molecule has 1 heterocycles. The number of nitrogens with one attached hydrogen (secondary N) is 2. The molecule has 170 valence electrons. The zero-order chi connectivity index (χ0) is 20.0. The number of likely N-dealkylation sites (tertiary alicyclic amines) is 1. The van der Waals surface area contributed by atoms with Crippen LogP contribution in [-0.4, -0.2) is 41.9 Å². The molecule has 6 nitrogen and oxygen atoms in total. The molecule has 30 heavy (non-hydrogen) atoms. The van der Waals surface area contributed by atoms with Gasteiger partial charge in [-0.25, -0.2) is 0 Å². The standard InChI is InChI=1S/C22H34N4O2.2ClH/c1-22(23)13-4-3-7-19(22)21(28)25-18-10-8-17(9-11-18)24-20(27)12-16-26-14-5-2-6-15-26;;/h8-11,19H,2-7,12-16,23H2,1H3,(H,24,27)(H,25,28);2*1H. The molecule has 2 aliphatic rings. The Kier molecular flexibility index (Phi) is 11.1. The smallest absolute Gasteiger partial charge is 0.229 e. The van der Waals surface area contributed by atoms with E-state index in [-0.39, 0.29) is 42.5 Å². The van der Waals surface area contributed by atoms with Crippen molar-refractivity contribution in [1.29, 1.82) is 0 Å². The second-order valence-electron chi connectivity index (χ2n) is 8.57. The summed E-state index contributed by atoms with van der Waals surface area (Å²) in [6.07, 6.45) is 8.14. The van der Waals surface area contributed by atoms with E-state index in [0.29, 0.717) is 6.42 Å². The number of carbonyl (C=O) groups is 2. The predicted octanol–water partition coefficient (Wildman–Crippen LogP) is 4.19. The van der Waals surface area contributed by atoms with Gasteiger partial charge in [0.15, 0.2) is 0 Å². The molecule has 1 saturated carbocycles. The average Bonchev–Trinajstić information content (AvgIpc) is 2.68. The third kappa shape index (κ3) is 7.73. The van der Waals surface area contributed by atoms with E-state index in [1.807, 2.05) is 31.2 Å². The van der Waals surface area contributed by atoms with Gasteiger partial charge >= 0.3 is 0 Å². The molecule has 2 fully saturated rings. The maximum atomic E-state index is 12.6. The highest BCUT2D eigenvalue weighted by molar-refractivity contribution is 5.94. The van der Waals surface area contributed by atoms with Gasteiger partial charge in [0.2, 0.25) is 11.8 Å². The van der Waals surface area contributed by atoms with Crippen molar-refractivity contribution < 1.29 is 9.59 Å². The molecule has 1 aliphatic carbocycles. The highest BCUT2D eigenvalue weighted by Crippen LogP contribution is 2.32. The highest BCUT2D eigenvalue weighted by atomic mass is 35.5. The number of rotatable bonds is 6. The molecule has 3 rings (SSSR count). The molecule has 2 unspecified atom stereocenters. The molecule has 0 spiro atoms. The molecule has 1 aliphatic heterocycles. The van der Waals surface area contributed by atoms with E-state index in [2.05, 4.69) is 15.5 Å². The van der Waals surface area contributed by atoms with Gasteiger partial charge in [-0.15, -0.1) is 24.8 Å². The van der Waals surface area contributed by atoms with Crippen molar-refractivity contribution in [3.05, 3.63) is 24.3 Å². The highest BCUT2D eigenvalue weighted by Gasteiger charge is 2.37. The first-order chi connectivity index (χ1) is 13.4. The van der Waals surface area contributed by atoms with Gasteiger partial charge in [0.1, 0.15) is 0 Å². The quantitative estimate of drug-likeness (QED) is 0.595. The van der Waals surface area contributed by atoms with Crippen LogP contribution in [0.3, 0.4) is 0 Å². The number of carbonyl (C=O) groups excluding carboxylic acids is 2. The number of benzene rings is 1. The van der Waals surface area contributed by atoms with E-state index < -0.39 is 5.54 Å². The molecule has 0 aromatic heterocycles. The second-order valence-corrected chi connectivity index (χ2v) is 8.57. The second kappa shape index (κ2) is 12.5. The van der Waals surface area contributed by atoms with Crippen LogP contribution in [-0.2, 0) is 9.59 Å². The Morgan fingerprint density at radius 1 is 1.00 bits per heavy atom. The number of anilines is 2. The van der Waals surface area contributed by atoms with Gasteiger partial charge in [-0.3, -0.25) is 9.59 Å². The van der Waals surface area contributed by atoms with Crippen LogP contribution < -0.4 is 16.4 Å². The van der Waals surface area contributed by atoms with Gasteiger partial charge in [0, 0.05) is 29.9 Å². The van der Waals surface area contributed by atoms with E-state index in [1.165, 1.54) is 19.3 Å². The number of piperidine rings is 1. The van der Waals surface area contributed by atoms with Gasteiger partial charge in [0.25, 0.3) is 0 Å². The third-order valence-electron chi connectivity index (χ3n) is 6.11. The fourth-order valence-electron chi connectivity index (χ4n) is 4.32. The molecular formula is C22H36Cl2N4O2. The van der Waals surface area contributed by atoms with E-state index >= 15 is 0 Å². The number of nitrogens with two attached hydrogens (primary N) is 1. The number of hydrogen-bond acceptors (Lipinski definition) is 4. The Morgan fingerprint density at radius 3 is 2.20 bits per heavy atom. The van der Waals surface area contributed by atoms with Gasteiger partial charge < -0.3 is 21.3 Å². The van der Waals surface area contributed by atoms with Crippen molar-refractivity contribution in [2.24, 2.45) is 11.7 Å². The van der Waals surface area contributed by atoms with Crippen LogP contribution in [0.25, 0.3) is 0 Å². The molecule has 0 radical (unpaired) electrons. The van der Waals surface area contributed by atoms with Crippen molar-refractivity contribution in [2.75, 3.05) is 30.3 Å². The van der Waals surface area contributed by atoms with Crippen LogP contribution in [0.15, 0.2) is 24.3 Å². The molecule has 2 amide bonds. The first-order valence-corrected chi connectivity index (χ1v) is 10.7. The van der Waals surface area contributed by atoms with Crippen molar-refractivity contribution in [1.82, 2.24) is 4.90 Å². The van der Waals surface area contributed by atoms with Crippen molar-refractivity contribution >= 4 is 48.0 Å². The number of hydrogen-bond donors (Lipinski definition) is 3. The lowest BCUT2D eigenvalue weighted by atomic mass is 9.74. The topological polar surface area (TPSA) is 87.5 Å². The van der Waals surface area contributed by atoms with E-state index in [0.717, 1.165) is 56.7 Å². The summed E-state index contributed by atoms with van der Waals surface area (Å²) < 4.78 is 0. The van der Waals surface area contributed by atoms with Crippen LogP contribution in [0.5, 0.6) is 0 Å². The SMILES string of the molecule is CC1(N)CCCCC1C(=O)Nc1ccc(NC(=O)CCN2CCCCC2)cc1.Cl.Cl. The van der Waals surface area contributed by atoms with Gasteiger partial charge in [-0.1, -0.05) is 19.3 Å². The number of halogens is 2. The zero-order valence-electron chi connectivity index (χ0n) is 17.8. The monoisotopic (exact) mass is 458 g/mol. The molecular weight excluding hydrogens is 423 g/mol. The molecule has 2 atom stereocenters. The normalized spacial score (nSPS) is 24.1. The van der Waals surface area contributed by atoms with Crippen LogP contribution in [0.2, 0.25) is 0 Å². The Morgan fingerprint density at radius 2 is 1.60 bits per heavy atom. The fraction of sp³-hybridized carbons (Fsp3) is 0.636. The molecule has 1 saturated heterocycles. The minimum Gasteiger partial charge on any atom is -0.326 e. The zero-order valence-corrected chi connectivity index (χ0v) is 19.5. The van der Waals surface area contributed by atoms with Crippen molar-refractivity contribution in [3.63, 3.8) is 0 Å². The summed E-state index contributed by atoms with van der Waals surface area (Å²) in [7, 11) is 0.